The van der Waals surface area contributed by atoms with Crippen molar-refractivity contribution >= 4 is 23.7 Å². The van der Waals surface area contributed by atoms with Gasteiger partial charge >= 0.3 is 5.97 Å². The first-order valence-electron chi connectivity index (χ1n) is 9.61. The molecule has 1 N–H and O–H groups in total. The minimum atomic E-state index is -1.03. The predicted molar refractivity (Wildman–Crippen MR) is 120 cm³/mol. The summed E-state index contributed by atoms with van der Waals surface area (Å²) in [7, 11) is 3.95. The number of hydrogen-bond donors (Lipinski definition) is 1. The smallest absolute Gasteiger partial charge is 0.337 e. The van der Waals surface area contributed by atoms with Gasteiger partial charge in [-0.3, -0.25) is 9.79 Å². The van der Waals surface area contributed by atoms with Crippen molar-refractivity contribution in [3.63, 3.8) is 0 Å². The van der Waals surface area contributed by atoms with Gasteiger partial charge < -0.3 is 14.6 Å². The van der Waals surface area contributed by atoms with E-state index in [4.69, 9.17) is 0 Å². The molecule has 6 nitrogen and oxygen atoms in total. The SMILES string of the molecule is Cc1ccc(C)n1-c1cc(C(=O)CN=Cc2ccc(N(C)C)cc2)ccc1C(=O)O. The van der Waals surface area contributed by atoms with Crippen LogP contribution in [-0.4, -0.2) is 48.3 Å². The maximum atomic E-state index is 12.7. The zero-order valence-corrected chi connectivity index (χ0v) is 17.6. The van der Waals surface area contributed by atoms with Crippen molar-refractivity contribution in [2.45, 2.75) is 13.8 Å². The third-order valence-electron chi connectivity index (χ3n) is 4.95. The van der Waals surface area contributed by atoms with Crippen LogP contribution >= 0.6 is 0 Å². The van der Waals surface area contributed by atoms with Gasteiger partial charge in [0.2, 0.25) is 0 Å². The standard InChI is InChI=1S/C24H25N3O3/c1-16-5-6-17(2)27(16)22-13-19(9-12-21(22)24(29)30)23(28)15-25-14-18-7-10-20(11-8-18)26(3)4/h5-14H,15H2,1-4H3,(H,29,30). The van der Waals surface area contributed by atoms with Crippen molar-refractivity contribution in [2.75, 3.05) is 25.5 Å². The monoisotopic (exact) mass is 403 g/mol. The first-order chi connectivity index (χ1) is 14.3. The molecule has 0 unspecified atom stereocenters. The second-order valence-corrected chi connectivity index (χ2v) is 7.37. The average Bonchev–Trinajstić information content (AvgIpc) is 3.05. The maximum Gasteiger partial charge on any atom is 0.337 e. The molecule has 0 radical (unpaired) electrons. The lowest BCUT2D eigenvalue weighted by molar-refractivity contribution is 0.0696. The summed E-state index contributed by atoms with van der Waals surface area (Å²) in [5.74, 6) is -1.20. The molecule has 0 spiro atoms. The Morgan fingerprint density at radius 3 is 2.20 bits per heavy atom. The second kappa shape index (κ2) is 8.78. The Balaban J connectivity index is 1.82. The number of carboxylic acids is 1. The van der Waals surface area contributed by atoms with Gasteiger partial charge in [-0.25, -0.2) is 4.79 Å². The van der Waals surface area contributed by atoms with Gasteiger partial charge in [0.05, 0.1) is 11.3 Å². The zero-order chi connectivity index (χ0) is 21.8. The highest BCUT2D eigenvalue weighted by atomic mass is 16.4. The van der Waals surface area contributed by atoms with Crippen molar-refractivity contribution in [1.29, 1.82) is 0 Å². The molecular formula is C24H25N3O3. The molecule has 2 aromatic carbocycles. The third-order valence-corrected chi connectivity index (χ3v) is 4.95. The Morgan fingerprint density at radius 1 is 1.00 bits per heavy atom. The first-order valence-corrected chi connectivity index (χ1v) is 9.61. The number of anilines is 1. The Labute approximate surface area is 176 Å². The van der Waals surface area contributed by atoms with Gasteiger partial charge in [0.15, 0.2) is 5.78 Å². The van der Waals surface area contributed by atoms with Crippen LogP contribution in [0.5, 0.6) is 0 Å². The first kappa shape index (κ1) is 21.0. The number of aromatic nitrogens is 1. The number of Topliss-reactive ketones (excluding diaryl/α,β-unsaturated/α-hetero) is 1. The van der Waals surface area contributed by atoms with E-state index in [1.165, 1.54) is 6.07 Å². The molecule has 0 aliphatic carbocycles. The topological polar surface area (TPSA) is 74.9 Å². The zero-order valence-electron chi connectivity index (χ0n) is 17.6. The summed E-state index contributed by atoms with van der Waals surface area (Å²) in [6.07, 6.45) is 1.67. The van der Waals surface area contributed by atoms with E-state index in [9.17, 15) is 14.7 Å². The van der Waals surface area contributed by atoms with E-state index in [-0.39, 0.29) is 17.9 Å². The van der Waals surface area contributed by atoms with Crippen LogP contribution in [0.25, 0.3) is 5.69 Å². The van der Waals surface area contributed by atoms with Gasteiger partial charge in [0.1, 0.15) is 6.54 Å². The van der Waals surface area contributed by atoms with Crippen molar-refractivity contribution < 1.29 is 14.7 Å². The van der Waals surface area contributed by atoms with Crippen LogP contribution in [0.2, 0.25) is 0 Å². The number of nitrogens with zero attached hydrogens (tertiary/aromatic N) is 3. The van der Waals surface area contributed by atoms with Crippen LogP contribution < -0.4 is 4.90 Å². The second-order valence-electron chi connectivity index (χ2n) is 7.37. The molecule has 0 amide bonds. The van der Waals surface area contributed by atoms with E-state index in [0.29, 0.717) is 11.3 Å². The molecule has 0 aliphatic rings. The van der Waals surface area contributed by atoms with Crippen molar-refractivity contribution in [3.05, 3.63) is 82.7 Å². The highest BCUT2D eigenvalue weighted by Crippen LogP contribution is 2.22. The largest absolute Gasteiger partial charge is 0.478 e. The van der Waals surface area contributed by atoms with Gasteiger partial charge in [-0.1, -0.05) is 18.2 Å². The number of carbonyl (C=O) groups excluding carboxylic acids is 1. The minimum absolute atomic E-state index is 0.00900. The highest BCUT2D eigenvalue weighted by molar-refractivity contribution is 6.01. The molecule has 1 heterocycles. The summed E-state index contributed by atoms with van der Waals surface area (Å²) in [6, 6.07) is 16.4. The van der Waals surface area contributed by atoms with E-state index in [2.05, 4.69) is 4.99 Å². The maximum absolute atomic E-state index is 12.7. The summed E-state index contributed by atoms with van der Waals surface area (Å²) < 4.78 is 1.84. The molecule has 30 heavy (non-hydrogen) atoms. The molecule has 0 saturated carbocycles. The molecule has 1 aromatic heterocycles. The minimum Gasteiger partial charge on any atom is -0.478 e. The number of rotatable bonds is 7. The lowest BCUT2D eigenvalue weighted by atomic mass is 10.0. The Morgan fingerprint density at radius 2 is 1.63 bits per heavy atom. The van der Waals surface area contributed by atoms with Gasteiger partial charge in [-0.15, -0.1) is 0 Å². The fourth-order valence-corrected chi connectivity index (χ4v) is 3.30. The molecule has 0 saturated heterocycles. The van der Waals surface area contributed by atoms with Crippen LogP contribution in [0, 0.1) is 13.8 Å². The van der Waals surface area contributed by atoms with E-state index >= 15 is 0 Å². The number of aryl methyl sites for hydroxylation is 2. The third kappa shape index (κ3) is 4.49. The molecule has 6 heteroatoms. The highest BCUT2D eigenvalue weighted by Gasteiger charge is 2.17. The van der Waals surface area contributed by atoms with Gasteiger partial charge in [-0.05, 0) is 55.8 Å². The van der Waals surface area contributed by atoms with Crippen LogP contribution in [0.15, 0.2) is 59.6 Å². The molecule has 0 fully saturated rings. The number of carboxylic acid groups (broad SMARTS) is 1. The van der Waals surface area contributed by atoms with Gasteiger partial charge in [-0.2, -0.15) is 0 Å². The van der Waals surface area contributed by atoms with E-state index < -0.39 is 5.97 Å². The molecule has 154 valence electrons. The summed E-state index contributed by atoms with van der Waals surface area (Å²) in [6.45, 7) is 3.79. The van der Waals surface area contributed by atoms with E-state index in [1.54, 1.807) is 18.3 Å². The van der Waals surface area contributed by atoms with Crippen LogP contribution in [-0.2, 0) is 0 Å². The number of hydrogen-bond acceptors (Lipinski definition) is 4. The van der Waals surface area contributed by atoms with Crippen LogP contribution in [0.3, 0.4) is 0 Å². The Hall–Kier alpha value is -3.67. The van der Waals surface area contributed by atoms with Crippen molar-refractivity contribution in [2.24, 2.45) is 4.99 Å². The summed E-state index contributed by atoms with van der Waals surface area (Å²) in [4.78, 5) is 30.6. The fourth-order valence-electron chi connectivity index (χ4n) is 3.30. The molecule has 3 rings (SSSR count). The van der Waals surface area contributed by atoms with Crippen molar-refractivity contribution in [3.8, 4) is 5.69 Å². The number of ketones is 1. The van der Waals surface area contributed by atoms with Crippen molar-refractivity contribution in [1.82, 2.24) is 4.57 Å². The summed E-state index contributed by atoms with van der Waals surface area (Å²) >= 11 is 0. The van der Waals surface area contributed by atoms with Gasteiger partial charge in [0.25, 0.3) is 0 Å². The number of benzene rings is 2. The van der Waals surface area contributed by atoms with Crippen LogP contribution in [0.4, 0.5) is 5.69 Å². The molecule has 0 bridgehead atoms. The molecular weight excluding hydrogens is 378 g/mol. The molecule has 3 aromatic rings. The number of aromatic carboxylic acids is 1. The molecule has 0 atom stereocenters. The lowest BCUT2D eigenvalue weighted by Gasteiger charge is -2.14. The van der Waals surface area contributed by atoms with E-state index in [1.807, 2.05) is 73.8 Å². The number of carbonyl (C=O) groups is 2. The lowest BCUT2D eigenvalue weighted by Crippen LogP contribution is -2.11. The average molecular weight is 403 g/mol. The Bertz CT molecular complexity index is 1090. The predicted octanol–water partition coefficient (Wildman–Crippen LogP) is 4.16. The quantitative estimate of drug-likeness (QED) is 0.475. The van der Waals surface area contributed by atoms with Gasteiger partial charge in [0, 0.05) is 42.9 Å². The molecule has 0 aliphatic heterocycles. The number of aliphatic imine (C=N–C) groups is 1. The normalized spacial score (nSPS) is 11.1. The van der Waals surface area contributed by atoms with E-state index in [0.717, 1.165) is 22.6 Å². The fraction of sp³-hybridized carbons (Fsp3) is 0.208. The summed E-state index contributed by atoms with van der Waals surface area (Å²) in [5.41, 5.74) is 4.87. The Kier molecular flexibility index (Phi) is 6.16. The van der Waals surface area contributed by atoms with Crippen LogP contribution in [0.1, 0.15) is 37.7 Å². The summed E-state index contributed by atoms with van der Waals surface area (Å²) in [5, 5.41) is 9.57.